The van der Waals surface area contributed by atoms with Crippen molar-refractivity contribution >= 4 is 12.2 Å². The highest BCUT2D eigenvalue weighted by Crippen LogP contribution is 2.30. The van der Waals surface area contributed by atoms with Crippen LogP contribution in [-0.4, -0.2) is 22.0 Å². The molecule has 0 radical (unpaired) electrons. The van der Waals surface area contributed by atoms with Crippen molar-refractivity contribution in [3.63, 3.8) is 0 Å². The van der Waals surface area contributed by atoms with E-state index in [1.165, 1.54) is 6.07 Å². The van der Waals surface area contributed by atoms with Crippen molar-refractivity contribution in [2.24, 2.45) is 0 Å². The fourth-order valence-corrected chi connectivity index (χ4v) is 2.47. The van der Waals surface area contributed by atoms with Gasteiger partial charge in [0.05, 0.1) is 18.4 Å². The van der Waals surface area contributed by atoms with Crippen molar-refractivity contribution in [3.8, 4) is 17.0 Å². The van der Waals surface area contributed by atoms with Crippen molar-refractivity contribution in [1.82, 2.24) is 15.4 Å². The molecule has 2 aromatic carbocycles. The summed E-state index contributed by atoms with van der Waals surface area (Å²) in [4.78, 5) is 0. The Balaban J connectivity index is 1.93. The van der Waals surface area contributed by atoms with Gasteiger partial charge in [-0.25, -0.2) is 0 Å². The summed E-state index contributed by atoms with van der Waals surface area (Å²) in [6, 6.07) is 10.7. The van der Waals surface area contributed by atoms with Crippen LogP contribution in [0, 0.1) is 0 Å². The van der Waals surface area contributed by atoms with Gasteiger partial charge < -0.3 is 4.74 Å². The lowest BCUT2D eigenvalue weighted by Crippen LogP contribution is -2.04. The predicted molar refractivity (Wildman–Crippen MR) is 93.4 cm³/mol. The maximum absolute atomic E-state index is 12.8. The molecule has 1 aromatic heterocycles. The van der Waals surface area contributed by atoms with Crippen LogP contribution in [0.25, 0.3) is 23.4 Å². The third-order valence-electron chi connectivity index (χ3n) is 3.63. The molecule has 134 valence electrons. The van der Waals surface area contributed by atoms with E-state index in [1.807, 2.05) is 25.1 Å². The van der Waals surface area contributed by atoms with Crippen molar-refractivity contribution in [3.05, 3.63) is 65.4 Å². The molecule has 0 spiro atoms. The van der Waals surface area contributed by atoms with E-state index in [-0.39, 0.29) is 0 Å². The monoisotopic (exact) mass is 359 g/mol. The van der Waals surface area contributed by atoms with Crippen LogP contribution < -0.4 is 4.74 Å². The zero-order valence-corrected chi connectivity index (χ0v) is 13.9. The Morgan fingerprint density at radius 2 is 1.88 bits per heavy atom. The van der Waals surface area contributed by atoms with Gasteiger partial charge in [-0.15, -0.1) is 0 Å². The highest BCUT2D eigenvalue weighted by Gasteiger charge is 2.30. The molecule has 1 N–H and O–H groups in total. The highest BCUT2D eigenvalue weighted by molar-refractivity contribution is 5.74. The first kappa shape index (κ1) is 17.7. The Morgan fingerprint density at radius 3 is 2.58 bits per heavy atom. The molecule has 0 aliphatic carbocycles. The van der Waals surface area contributed by atoms with Crippen molar-refractivity contribution in [1.29, 1.82) is 0 Å². The first-order valence-electron chi connectivity index (χ1n) is 7.95. The van der Waals surface area contributed by atoms with E-state index in [4.69, 9.17) is 4.74 Å². The molecular weight excluding hydrogens is 343 g/mol. The largest absolute Gasteiger partial charge is 0.494 e. The molecule has 0 atom stereocenters. The summed E-state index contributed by atoms with van der Waals surface area (Å²) in [5.74, 6) is 0.650. The number of nitrogens with zero attached hydrogens (tertiary/aromatic N) is 2. The molecule has 0 fully saturated rings. The number of halogens is 3. The van der Waals surface area contributed by atoms with E-state index in [2.05, 4.69) is 15.4 Å². The molecule has 0 saturated heterocycles. The number of aromatic nitrogens is 3. The summed E-state index contributed by atoms with van der Waals surface area (Å²) in [5, 5.41) is 10.4. The van der Waals surface area contributed by atoms with Crippen molar-refractivity contribution < 1.29 is 17.9 Å². The zero-order valence-electron chi connectivity index (χ0n) is 13.9. The molecule has 7 heteroatoms. The maximum atomic E-state index is 12.8. The van der Waals surface area contributed by atoms with Crippen LogP contribution in [0.4, 0.5) is 13.2 Å². The third-order valence-corrected chi connectivity index (χ3v) is 3.63. The molecule has 0 unspecified atom stereocenters. The topological polar surface area (TPSA) is 50.8 Å². The van der Waals surface area contributed by atoms with Gasteiger partial charge in [-0.05, 0) is 48.4 Å². The minimum absolute atomic E-state index is 0.463. The van der Waals surface area contributed by atoms with Crippen LogP contribution in [0.5, 0.6) is 5.75 Å². The summed E-state index contributed by atoms with van der Waals surface area (Å²) in [5.41, 5.74) is 2.02. The van der Waals surface area contributed by atoms with E-state index in [9.17, 15) is 13.2 Å². The molecule has 0 bridgehead atoms. The Bertz CT molecular complexity index is 903. The van der Waals surface area contributed by atoms with Gasteiger partial charge in [0.2, 0.25) is 0 Å². The van der Waals surface area contributed by atoms with Crippen LogP contribution in [0.1, 0.15) is 23.6 Å². The summed E-state index contributed by atoms with van der Waals surface area (Å²) >= 11 is 0. The van der Waals surface area contributed by atoms with E-state index < -0.39 is 11.7 Å². The van der Waals surface area contributed by atoms with Crippen LogP contribution in [0.15, 0.2) is 48.7 Å². The summed E-state index contributed by atoms with van der Waals surface area (Å²) in [6.07, 6.45) is 0.596. The SMILES string of the molecule is CCOc1cc(/C=C/c2cccc(C(F)(F)F)c2)cc(-c2cn[nH]n2)c1. The number of hydrogen-bond acceptors (Lipinski definition) is 3. The molecule has 1 heterocycles. The van der Waals surface area contributed by atoms with E-state index >= 15 is 0 Å². The average molecular weight is 359 g/mol. The van der Waals surface area contributed by atoms with Crippen LogP contribution >= 0.6 is 0 Å². The van der Waals surface area contributed by atoms with Gasteiger partial charge in [-0.1, -0.05) is 24.3 Å². The number of aromatic amines is 1. The quantitative estimate of drug-likeness (QED) is 0.648. The lowest BCUT2D eigenvalue weighted by molar-refractivity contribution is -0.137. The summed E-state index contributed by atoms with van der Waals surface area (Å²) in [6.45, 7) is 2.37. The van der Waals surface area contributed by atoms with Gasteiger partial charge >= 0.3 is 6.18 Å². The standard InChI is InChI=1S/C19H16F3N3O/c1-2-26-17-10-14(8-15(11-17)18-12-23-25-24-18)7-6-13-4-3-5-16(9-13)19(20,21)22/h3-12H,2H2,1H3,(H,23,24,25)/b7-6+. The third kappa shape index (κ3) is 4.30. The zero-order chi connectivity index (χ0) is 18.6. The van der Waals surface area contributed by atoms with Gasteiger partial charge in [0.1, 0.15) is 11.4 Å². The number of H-pyrrole nitrogens is 1. The molecule has 3 aromatic rings. The Morgan fingerprint density at radius 1 is 1.08 bits per heavy atom. The van der Waals surface area contributed by atoms with Gasteiger partial charge in [0.25, 0.3) is 0 Å². The summed E-state index contributed by atoms with van der Waals surface area (Å²) in [7, 11) is 0. The normalized spacial score (nSPS) is 11.8. The number of alkyl halides is 3. The molecular formula is C19H16F3N3O. The van der Waals surface area contributed by atoms with E-state index in [1.54, 1.807) is 24.4 Å². The van der Waals surface area contributed by atoms with Crippen molar-refractivity contribution in [2.45, 2.75) is 13.1 Å². The minimum Gasteiger partial charge on any atom is -0.494 e. The first-order chi connectivity index (χ1) is 12.5. The molecule has 0 aliphatic heterocycles. The lowest BCUT2D eigenvalue weighted by atomic mass is 10.1. The Kier molecular flexibility index (Phi) is 5.06. The molecule has 3 rings (SSSR count). The Hall–Kier alpha value is -3.09. The van der Waals surface area contributed by atoms with Gasteiger partial charge in [-0.2, -0.15) is 28.6 Å². The second-order valence-electron chi connectivity index (χ2n) is 5.54. The molecule has 0 aliphatic rings. The number of benzene rings is 2. The molecule has 0 saturated carbocycles. The minimum atomic E-state index is -4.36. The van der Waals surface area contributed by atoms with E-state index in [0.717, 1.165) is 23.3 Å². The fraction of sp³-hybridized carbons (Fsp3) is 0.158. The van der Waals surface area contributed by atoms with Gasteiger partial charge in [0, 0.05) is 5.56 Å². The first-order valence-corrected chi connectivity index (χ1v) is 7.95. The number of nitrogens with one attached hydrogen (secondary N) is 1. The van der Waals surface area contributed by atoms with Gasteiger partial charge in [-0.3, -0.25) is 0 Å². The fourth-order valence-electron chi connectivity index (χ4n) is 2.47. The second kappa shape index (κ2) is 7.43. The molecule has 26 heavy (non-hydrogen) atoms. The van der Waals surface area contributed by atoms with Crippen molar-refractivity contribution in [2.75, 3.05) is 6.61 Å². The molecule has 4 nitrogen and oxygen atoms in total. The van der Waals surface area contributed by atoms with Gasteiger partial charge in [0.15, 0.2) is 0 Å². The Labute approximate surface area is 148 Å². The van der Waals surface area contributed by atoms with Crippen LogP contribution in [-0.2, 0) is 6.18 Å². The highest BCUT2D eigenvalue weighted by atomic mass is 19.4. The average Bonchev–Trinajstić information content (AvgIpc) is 3.14. The van der Waals surface area contributed by atoms with Crippen LogP contribution in [0.2, 0.25) is 0 Å². The molecule has 0 amide bonds. The summed E-state index contributed by atoms with van der Waals surface area (Å²) < 4.78 is 44.0. The maximum Gasteiger partial charge on any atom is 0.416 e. The smallest absolute Gasteiger partial charge is 0.416 e. The number of rotatable bonds is 5. The predicted octanol–water partition coefficient (Wildman–Crippen LogP) is 5.06. The lowest BCUT2D eigenvalue weighted by Gasteiger charge is -2.08. The van der Waals surface area contributed by atoms with E-state index in [0.29, 0.717) is 23.6 Å². The number of ether oxygens (including phenoxy) is 1. The second-order valence-corrected chi connectivity index (χ2v) is 5.54. The number of hydrogen-bond donors (Lipinski definition) is 1. The van der Waals surface area contributed by atoms with Crippen LogP contribution in [0.3, 0.4) is 0 Å².